The predicted octanol–water partition coefficient (Wildman–Crippen LogP) is 2.68. The number of methoxy groups -OCH3 is 3. The lowest BCUT2D eigenvalue weighted by atomic mass is 10.2. The van der Waals surface area contributed by atoms with Gasteiger partial charge in [-0.3, -0.25) is 5.32 Å². The summed E-state index contributed by atoms with van der Waals surface area (Å²) in [5.74, 6) is 1.27. The summed E-state index contributed by atoms with van der Waals surface area (Å²) in [5.41, 5.74) is 0.453. The summed E-state index contributed by atoms with van der Waals surface area (Å²) in [6.45, 7) is 0. The van der Waals surface area contributed by atoms with Crippen molar-refractivity contribution in [2.75, 3.05) is 32.0 Å². The summed E-state index contributed by atoms with van der Waals surface area (Å²) in [7, 11) is 4.47. The van der Waals surface area contributed by atoms with Crippen LogP contribution in [0.25, 0.3) is 0 Å². The predicted molar refractivity (Wildman–Crippen MR) is 85.6 cm³/mol. The van der Waals surface area contributed by atoms with Crippen molar-refractivity contribution in [1.82, 2.24) is 4.98 Å². The molecule has 0 aliphatic carbocycles. The van der Waals surface area contributed by atoms with Crippen LogP contribution in [0, 0.1) is 11.3 Å². The Labute approximate surface area is 136 Å². The van der Waals surface area contributed by atoms with E-state index >= 15 is 0 Å². The first-order valence-corrected chi connectivity index (χ1v) is 7.16. The molecular weight excluding hydrogens is 320 g/mol. The standard InChI is InChI=1S/C14H14N4O4S/c1-20-10-4-8(5-11(21-2)12(10)22-3)17-13(19)18-14-16-7-9(6-15)23-14/h4-5,7H,1-3H3,(H2,16,17,18,19). The van der Waals surface area contributed by atoms with Crippen molar-refractivity contribution < 1.29 is 19.0 Å². The number of nitrogens with one attached hydrogen (secondary N) is 2. The maximum Gasteiger partial charge on any atom is 0.325 e. The molecule has 0 saturated heterocycles. The Bertz CT molecular complexity index is 728. The number of anilines is 2. The molecule has 0 unspecified atom stereocenters. The number of rotatable bonds is 5. The number of urea groups is 1. The molecule has 1 aromatic heterocycles. The second-order valence-corrected chi connectivity index (χ2v) is 5.17. The van der Waals surface area contributed by atoms with Gasteiger partial charge in [0.05, 0.1) is 33.2 Å². The van der Waals surface area contributed by atoms with Crippen molar-refractivity contribution in [2.24, 2.45) is 0 Å². The summed E-state index contributed by atoms with van der Waals surface area (Å²) < 4.78 is 15.6. The monoisotopic (exact) mass is 334 g/mol. The van der Waals surface area contributed by atoms with E-state index in [1.54, 1.807) is 12.1 Å². The van der Waals surface area contributed by atoms with Crippen molar-refractivity contribution >= 4 is 28.2 Å². The number of thiazole rings is 1. The smallest absolute Gasteiger partial charge is 0.325 e. The van der Waals surface area contributed by atoms with E-state index in [9.17, 15) is 4.79 Å². The fourth-order valence-corrected chi connectivity index (χ4v) is 2.40. The molecule has 0 radical (unpaired) electrons. The van der Waals surface area contributed by atoms with Gasteiger partial charge in [0, 0.05) is 12.1 Å². The second-order valence-electron chi connectivity index (χ2n) is 4.13. The van der Waals surface area contributed by atoms with Crippen LogP contribution in [0.5, 0.6) is 17.2 Å². The van der Waals surface area contributed by atoms with E-state index in [4.69, 9.17) is 19.5 Å². The highest BCUT2D eigenvalue weighted by Crippen LogP contribution is 2.39. The van der Waals surface area contributed by atoms with E-state index < -0.39 is 6.03 Å². The SMILES string of the molecule is COc1cc(NC(=O)Nc2ncc(C#N)s2)cc(OC)c1OC. The van der Waals surface area contributed by atoms with E-state index in [0.29, 0.717) is 32.9 Å². The molecule has 0 fully saturated rings. The van der Waals surface area contributed by atoms with Gasteiger partial charge in [-0.15, -0.1) is 0 Å². The Morgan fingerprint density at radius 1 is 1.17 bits per heavy atom. The Morgan fingerprint density at radius 3 is 2.30 bits per heavy atom. The lowest BCUT2D eigenvalue weighted by Crippen LogP contribution is -2.19. The molecule has 0 spiro atoms. The zero-order valence-electron chi connectivity index (χ0n) is 12.7. The van der Waals surface area contributed by atoms with Crippen molar-refractivity contribution in [3.8, 4) is 23.3 Å². The van der Waals surface area contributed by atoms with Crippen LogP contribution >= 0.6 is 11.3 Å². The van der Waals surface area contributed by atoms with Gasteiger partial charge < -0.3 is 19.5 Å². The second kappa shape index (κ2) is 7.33. The van der Waals surface area contributed by atoms with E-state index in [0.717, 1.165) is 11.3 Å². The summed E-state index contributed by atoms with van der Waals surface area (Å²) in [5, 5.41) is 14.2. The van der Waals surface area contributed by atoms with Crippen LogP contribution in [-0.4, -0.2) is 32.3 Å². The molecule has 0 saturated carbocycles. The molecule has 2 aromatic rings. The van der Waals surface area contributed by atoms with E-state index in [-0.39, 0.29) is 0 Å². The number of carbonyl (C=O) groups excluding carboxylic acids is 1. The number of ether oxygens (including phenoxy) is 3. The van der Waals surface area contributed by atoms with Crippen molar-refractivity contribution in [3.63, 3.8) is 0 Å². The maximum absolute atomic E-state index is 12.0. The average molecular weight is 334 g/mol. The first kappa shape index (κ1) is 16.4. The van der Waals surface area contributed by atoms with Gasteiger partial charge in [-0.1, -0.05) is 11.3 Å². The van der Waals surface area contributed by atoms with E-state index in [1.807, 2.05) is 6.07 Å². The van der Waals surface area contributed by atoms with Gasteiger partial charge in [0.15, 0.2) is 16.6 Å². The number of amides is 2. The fraction of sp³-hybridized carbons (Fsp3) is 0.214. The van der Waals surface area contributed by atoms with Gasteiger partial charge in [0.25, 0.3) is 0 Å². The Hall–Kier alpha value is -2.99. The topological polar surface area (TPSA) is 106 Å². The van der Waals surface area contributed by atoms with E-state index in [1.165, 1.54) is 27.5 Å². The van der Waals surface area contributed by atoms with Crippen LogP contribution in [0.2, 0.25) is 0 Å². The number of hydrogen-bond acceptors (Lipinski definition) is 7. The molecule has 0 atom stereocenters. The minimum Gasteiger partial charge on any atom is -0.493 e. The molecule has 0 aliphatic heterocycles. The number of hydrogen-bond donors (Lipinski definition) is 2. The average Bonchev–Trinajstić information content (AvgIpc) is 3.01. The van der Waals surface area contributed by atoms with Crippen LogP contribution in [0.3, 0.4) is 0 Å². The van der Waals surface area contributed by atoms with Crippen LogP contribution in [0.4, 0.5) is 15.6 Å². The van der Waals surface area contributed by atoms with E-state index in [2.05, 4.69) is 15.6 Å². The number of aromatic nitrogens is 1. The first-order chi connectivity index (χ1) is 11.1. The van der Waals surface area contributed by atoms with Crippen molar-refractivity contribution in [1.29, 1.82) is 5.26 Å². The van der Waals surface area contributed by atoms with Crippen LogP contribution < -0.4 is 24.8 Å². The first-order valence-electron chi connectivity index (χ1n) is 6.35. The van der Waals surface area contributed by atoms with Crippen LogP contribution in [0.1, 0.15) is 4.88 Å². The lowest BCUT2D eigenvalue weighted by molar-refractivity contribution is 0.262. The molecule has 9 heteroatoms. The number of benzene rings is 1. The van der Waals surface area contributed by atoms with Gasteiger partial charge in [-0.05, 0) is 0 Å². The minimum atomic E-state index is -0.502. The highest BCUT2D eigenvalue weighted by atomic mass is 32.1. The molecule has 2 N–H and O–H groups in total. The number of nitriles is 1. The summed E-state index contributed by atoms with van der Waals surface area (Å²) >= 11 is 1.08. The third-order valence-electron chi connectivity index (χ3n) is 2.76. The molecule has 1 heterocycles. The molecule has 2 amide bonds. The van der Waals surface area contributed by atoms with Gasteiger partial charge >= 0.3 is 6.03 Å². The molecule has 2 rings (SSSR count). The van der Waals surface area contributed by atoms with Gasteiger partial charge in [-0.25, -0.2) is 9.78 Å². The molecule has 0 bridgehead atoms. The number of carbonyl (C=O) groups is 1. The fourth-order valence-electron chi connectivity index (χ4n) is 1.80. The van der Waals surface area contributed by atoms with Gasteiger partial charge in [-0.2, -0.15) is 5.26 Å². The largest absolute Gasteiger partial charge is 0.493 e. The Kier molecular flexibility index (Phi) is 5.22. The highest BCUT2D eigenvalue weighted by molar-refractivity contribution is 7.16. The molecule has 0 aliphatic rings. The quantitative estimate of drug-likeness (QED) is 0.871. The molecule has 1 aromatic carbocycles. The van der Waals surface area contributed by atoms with Gasteiger partial charge in [0.2, 0.25) is 5.75 Å². The zero-order chi connectivity index (χ0) is 16.8. The molecule has 120 valence electrons. The highest BCUT2D eigenvalue weighted by Gasteiger charge is 2.15. The van der Waals surface area contributed by atoms with Crippen LogP contribution in [-0.2, 0) is 0 Å². The van der Waals surface area contributed by atoms with Crippen LogP contribution in [0.15, 0.2) is 18.3 Å². The van der Waals surface area contributed by atoms with Crippen molar-refractivity contribution in [3.05, 3.63) is 23.2 Å². The maximum atomic E-state index is 12.0. The third kappa shape index (κ3) is 3.81. The molecule has 23 heavy (non-hydrogen) atoms. The third-order valence-corrected chi connectivity index (χ3v) is 3.58. The molecular formula is C14H14N4O4S. The zero-order valence-corrected chi connectivity index (χ0v) is 13.5. The Morgan fingerprint density at radius 2 is 1.83 bits per heavy atom. The summed E-state index contributed by atoms with van der Waals surface area (Å²) in [6.07, 6.45) is 1.39. The Balaban J connectivity index is 2.15. The minimum absolute atomic E-state index is 0.325. The summed E-state index contributed by atoms with van der Waals surface area (Å²) in [6, 6.07) is 4.65. The summed E-state index contributed by atoms with van der Waals surface area (Å²) in [4.78, 5) is 16.3. The lowest BCUT2D eigenvalue weighted by Gasteiger charge is -2.14. The number of nitrogens with zero attached hydrogens (tertiary/aromatic N) is 2. The normalized spacial score (nSPS) is 9.65. The van der Waals surface area contributed by atoms with Crippen molar-refractivity contribution in [2.45, 2.75) is 0 Å². The van der Waals surface area contributed by atoms with Gasteiger partial charge in [0.1, 0.15) is 10.9 Å². The molecule has 8 nitrogen and oxygen atoms in total.